The molecule has 0 amide bonds. The summed E-state index contributed by atoms with van der Waals surface area (Å²) in [7, 11) is -4.43. The number of rotatable bonds is 4. The number of allylic oxidation sites excluding steroid dienone is 2. The normalized spacial score (nSPS) is 23.7. The minimum absolute atomic E-state index is 0.242. The second-order valence-electron chi connectivity index (χ2n) is 4.79. The van der Waals surface area contributed by atoms with E-state index in [1.807, 2.05) is 0 Å². The van der Waals surface area contributed by atoms with Crippen LogP contribution in [-0.2, 0) is 14.6 Å². The van der Waals surface area contributed by atoms with Crippen LogP contribution in [0.5, 0.6) is 0 Å². The number of nitrogens with zero attached hydrogens (tertiary/aromatic N) is 1. The summed E-state index contributed by atoms with van der Waals surface area (Å²) in [5, 5.41) is 19.9. The van der Waals surface area contributed by atoms with Gasteiger partial charge in [0.2, 0.25) is 9.84 Å². The first-order valence-electron chi connectivity index (χ1n) is 6.17. The Hall–Kier alpha value is -2.23. The number of nitrogens with two attached hydrogens (primary N) is 1. The molecule has 0 heterocycles. The highest BCUT2D eigenvalue weighted by molar-refractivity contribution is 7.93. The average molecular weight is 359 g/mol. The molecule has 0 fully saturated rings. The molecule has 0 spiro atoms. The first-order chi connectivity index (χ1) is 10.6. The van der Waals surface area contributed by atoms with Crippen molar-refractivity contribution in [3.05, 3.63) is 57.6 Å². The van der Waals surface area contributed by atoms with E-state index in [1.54, 1.807) is 0 Å². The number of carboxylic acid groups (broad SMARTS) is 1. The maximum atomic E-state index is 12.8. The molecular weight excluding hydrogens is 348 g/mol. The number of benzene rings is 1. The van der Waals surface area contributed by atoms with Gasteiger partial charge in [0.25, 0.3) is 5.69 Å². The number of nitro groups is 1. The van der Waals surface area contributed by atoms with Crippen molar-refractivity contribution in [1.82, 2.24) is 0 Å². The molecule has 0 aliphatic heterocycles. The van der Waals surface area contributed by atoms with Crippen LogP contribution in [0.3, 0.4) is 0 Å². The van der Waals surface area contributed by atoms with Crippen molar-refractivity contribution < 1.29 is 23.2 Å². The molecule has 3 N–H and O–H groups in total. The maximum absolute atomic E-state index is 12.8. The van der Waals surface area contributed by atoms with Crippen molar-refractivity contribution in [2.45, 2.75) is 9.77 Å². The summed E-state index contributed by atoms with van der Waals surface area (Å²) in [6.07, 6.45) is 4.86. The summed E-state index contributed by atoms with van der Waals surface area (Å²) in [4.78, 5) is 18.6. The van der Waals surface area contributed by atoms with Crippen LogP contribution in [0.2, 0.25) is 5.02 Å². The Balaban J connectivity index is 2.64. The first kappa shape index (κ1) is 17.1. The standard InChI is InChI=1S/C13H11ClN2O6S/c14-10-5-4-8(7-11(10)16(19)20)23(21,22)13(15)6-2-1-3-9(13)12(17)18/h1-7,9H,15H2,(H,17,18)/t9-,13-/m1/s1. The van der Waals surface area contributed by atoms with Gasteiger partial charge in [-0.15, -0.1) is 0 Å². The van der Waals surface area contributed by atoms with Crippen LogP contribution in [0.1, 0.15) is 0 Å². The van der Waals surface area contributed by atoms with Gasteiger partial charge >= 0.3 is 5.97 Å². The second kappa shape index (κ2) is 5.76. The molecule has 10 heteroatoms. The van der Waals surface area contributed by atoms with Crippen molar-refractivity contribution in [3.63, 3.8) is 0 Å². The Bertz CT molecular complexity index is 848. The van der Waals surface area contributed by atoms with Gasteiger partial charge in [0, 0.05) is 6.07 Å². The van der Waals surface area contributed by atoms with E-state index in [0.29, 0.717) is 0 Å². The molecule has 0 saturated heterocycles. The van der Waals surface area contributed by atoms with Crippen LogP contribution < -0.4 is 5.73 Å². The van der Waals surface area contributed by atoms with E-state index in [4.69, 9.17) is 17.3 Å². The smallest absolute Gasteiger partial charge is 0.313 e. The number of carbonyl (C=O) groups is 1. The lowest BCUT2D eigenvalue weighted by molar-refractivity contribution is -0.384. The maximum Gasteiger partial charge on any atom is 0.313 e. The largest absolute Gasteiger partial charge is 0.481 e. The van der Waals surface area contributed by atoms with Crippen molar-refractivity contribution >= 4 is 33.1 Å². The Kier molecular flexibility index (Phi) is 4.29. The fraction of sp³-hybridized carbons (Fsp3) is 0.154. The van der Waals surface area contributed by atoms with Crippen molar-refractivity contribution in [3.8, 4) is 0 Å². The molecule has 1 aromatic rings. The van der Waals surface area contributed by atoms with Gasteiger partial charge in [-0.3, -0.25) is 14.9 Å². The quantitative estimate of drug-likeness (QED) is 0.613. The molecule has 8 nitrogen and oxygen atoms in total. The third kappa shape index (κ3) is 2.74. The monoisotopic (exact) mass is 358 g/mol. The van der Waals surface area contributed by atoms with Crippen LogP contribution in [0, 0.1) is 16.0 Å². The highest BCUT2D eigenvalue weighted by Gasteiger charge is 2.49. The SMILES string of the molecule is N[C@@]1(S(=O)(=O)c2ccc(Cl)c([N+](=O)[O-])c2)C=CC=C[C@@H]1C(=O)O. The van der Waals surface area contributed by atoms with Crippen LogP contribution in [0.4, 0.5) is 5.69 Å². The number of carboxylic acids is 1. The Morgan fingerprint density at radius 1 is 1.39 bits per heavy atom. The second-order valence-corrected chi connectivity index (χ2v) is 7.38. The predicted molar refractivity (Wildman–Crippen MR) is 81.6 cm³/mol. The van der Waals surface area contributed by atoms with Crippen LogP contribution in [0.25, 0.3) is 0 Å². The lowest BCUT2D eigenvalue weighted by Gasteiger charge is -2.31. The zero-order valence-electron chi connectivity index (χ0n) is 11.4. The van der Waals surface area contributed by atoms with Gasteiger partial charge in [-0.2, -0.15) is 0 Å². The molecule has 0 bridgehead atoms. The topological polar surface area (TPSA) is 141 Å². The summed E-state index contributed by atoms with van der Waals surface area (Å²) in [5.41, 5.74) is 5.26. The van der Waals surface area contributed by atoms with E-state index in [-0.39, 0.29) is 5.02 Å². The zero-order valence-corrected chi connectivity index (χ0v) is 13.0. The summed E-state index contributed by atoms with van der Waals surface area (Å²) in [6.45, 7) is 0. The predicted octanol–water partition coefficient (Wildman–Crippen LogP) is 1.50. The van der Waals surface area contributed by atoms with Gasteiger partial charge in [-0.05, 0) is 18.2 Å². The van der Waals surface area contributed by atoms with E-state index in [9.17, 15) is 28.4 Å². The third-order valence-corrected chi connectivity index (χ3v) is 5.93. The molecule has 1 aromatic carbocycles. The van der Waals surface area contributed by atoms with Gasteiger partial charge in [0.15, 0.2) is 4.87 Å². The molecular formula is C13H11ClN2O6S. The summed E-state index contributed by atoms with van der Waals surface area (Å²) < 4.78 is 25.5. The molecule has 1 aliphatic carbocycles. The van der Waals surface area contributed by atoms with Crippen LogP contribution >= 0.6 is 11.6 Å². The minimum Gasteiger partial charge on any atom is -0.481 e. The molecule has 2 atom stereocenters. The lowest BCUT2D eigenvalue weighted by atomic mass is 9.95. The number of sulfone groups is 1. The number of hydrogen-bond acceptors (Lipinski definition) is 6. The van der Waals surface area contributed by atoms with Gasteiger partial charge in [0.05, 0.1) is 9.82 Å². The lowest BCUT2D eigenvalue weighted by Crippen LogP contribution is -2.55. The number of halogens is 1. The number of hydrogen-bond donors (Lipinski definition) is 2. The van der Waals surface area contributed by atoms with Crippen molar-refractivity contribution in [2.75, 3.05) is 0 Å². The first-order valence-corrected chi connectivity index (χ1v) is 8.03. The molecule has 0 saturated carbocycles. The Labute approximate surface area is 135 Å². The van der Waals surface area contributed by atoms with E-state index in [2.05, 4.69) is 0 Å². The third-order valence-electron chi connectivity index (χ3n) is 3.41. The van der Waals surface area contributed by atoms with Gasteiger partial charge in [-0.1, -0.05) is 29.8 Å². The Morgan fingerprint density at radius 2 is 2.04 bits per heavy atom. The van der Waals surface area contributed by atoms with Crippen LogP contribution in [-0.4, -0.2) is 29.3 Å². The minimum atomic E-state index is -4.43. The zero-order chi connectivity index (χ0) is 17.4. The summed E-state index contributed by atoms with van der Waals surface area (Å²) >= 11 is 5.65. The van der Waals surface area contributed by atoms with Gasteiger partial charge in [0.1, 0.15) is 10.9 Å². The molecule has 2 rings (SSSR count). The molecule has 23 heavy (non-hydrogen) atoms. The van der Waals surface area contributed by atoms with E-state index in [0.717, 1.165) is 30.4 Å². The summed E-state index contributed by atoms with van der Waals surface area (Å²) in [6, 6.07) is 2.86. The van der Waals surface area contributed by atoms with E-state index < -0.39 is 42.1 Å². The number of aliphatic carboxylic acids is 1. The fourth-order valence-electron chi connectivity index (χ4n) is 2.17. The van der Waals surface area contributed by atoms with Gasteiger partial charge < -0.3 is 10.8 Å². The van der Waals surface area contributed by atoms with E-state index >= 15 is 0 Å². The van der Waals surface area contributed by atoms with Crippen LogP contribution in [0.15, 0.2) is 47.4 Å². The average Bonchev–Trinajstić information content (AvgIpc) is 2.47. The molecule has 0 unspecified atom stereocenters. The Morgan fingerprint density at radius 3 is 2.61 bits per heavy atom. The fourth-order valence-corrected chi connectivity index (χ4v) is 4.05. The number of nitro benzene ring substituents is 1. The van der Waals surface area contributed by atoms with Crippen molar-refractivity contribution in [1.29, 1.82) is 0 Å². The summed E-state index contributed by atoms with van der Waals surface area (Å²) in [5.74, 6) is -2.97. The molecule has 0 radical (unpaired) electrons. The van der Waals surface area contributed by atoms with Crippen molar-refractivity contribution in [2.24, 2.45) is 11.7 Å². The highest BCUT2D eigenvalue weighted by atomic mass is 35.5. The molecule has 1 aliphatic rings. The highest BCUT2D eigenvalue weighted by Crippen LogP contribution is 2.36. The van der Waals surface area contributed by atoms with E-state index in [1.165, 1.54) is 12.2 Å². The van der Waals surface area contributed by atoms with Gasteiger partial charge in [-0.25, -0.2) is 8.42 Å². The molecule has 122 valence electrons. The molecule has 0 aromatic heterocycles.